The topological polar surface area (TPSA) is 131 Å². The SMILES string of the molecule is CCCCCCCC/C=C/CC/C=C/CC/C=C/C(O)C(COP(=O)(O)OCCN)NC(=O)CCCCCCCCCCCCCC. The van der Waals surface area contributed by atoms with Crippen molar-refractivity contribution in [3.8, 4) is 0 Å². The Morgan fingerprint density at radius 3 is 1.64 bits per heavy atom. The molecule has 0 saturated heterocycles. The van der Waals surface area contributed by atoms with Gasteiger partial charge in [-0.2, -0.15) is 0 Å². The lowest BCUT2D eigenvalue weighted by Gasteiger charge is -2.23. The first-order valence-electron chi connectivity index (χ1n) is 19.1. The molecule has 1 amide bonds. The summed E-state index contributed by atoms with van der Waals surface area (Å²) in [6.45, 7) is 4.07. The minimum Gasteiger partial charge on any atom is -0.387 e. The average Bonchev–Trinajstić information content (AvgIpc) is 3.05. The molecule has 47 heavy (non-hydrogen) atoms. The summed E-state index contributed by atoms with van der Waals surface area (Å²) < 4.78 is 22.0. The second kappa shape index (κ2) is 34.6. The van der Waals surface area contributed by atoms with Crippen molar-refractivity contribution in [2.75, 3.05) is 19.8 Å². The highest BCUT2D eigenvalue weighted by atomic mass is 31.2. The summed E-state index contributed by atoms with van der Waals surface area (Å²) in [4.78, 5) is 22.6. The summed E-state index contributed by atoms with van der Waals surface area (Å²) in [5, 5.41) is 13.6. The fourth-order valence-electron chi connectivity index (χ4n) is 5.28. The standard InChI is InChI=1S/C38H73N2O6P/c1-3-5-7-9-11-13-15-17-18-19-20-21-23-25-27-29-31-37(41)36(35-46-47(43,44)45-34-33-39)40-38(42)32-30-28-26-24-22-16-14-12-10-8-6-4-2/h17-18,21,23,29,31,36-37,41H,3-16,19-20,22,24-28,30,32-35,39H2,1-2H3,(H,40,42)(H,43,44)/b18-17+,23-21+,31-29+. The second-order valence-electron chi connectivity index (χ2n) is 12.8. The van der Waals surface area contributed by atoms with E-state index < -0.39 is 20.0 Å². The van der Waals surface area contributed by atoms with Gasteiger partial charge in [0, 0.05) is 13.0 Å². The van der Waals surface area contributed by atoms with Gasteiger partial charge in [-0.15, -0.1) is 0 Å². The van der Waals surface area contributed by atoms with E-state index in [4.69, 9.17) is 14.8 Å². The van der Waals surface area contributed by atoms with Crippen molar-refractivity contribution in [3.63, 3.8) is 0 Å². The van der Waals surface area contributed by atoms with Crippen molar-refractivity contribution in [2.24, 2.45) is 5.73 Å². The number of aliphatic hydroxyl groups excluding tert-OH is 1. The van der Waals surface area contributed by atoms with Crippen molar-refractivity contribution >= 4 is 13.7 Å². The lowest BCUT2D eigenvalue weighted by atomic mass is 10.0. The number of rotatable bonds is 35. The van der Waals surface area contributed by atoms with Gasteiger partial charge in [0.15, 0.2) is 0 Å². The normalized spacial score (nSPS) is 14.7. The molecule has 0 aromatic heterocycles. The van der Waals surface area contributed by atoms with Crippen molar-refractivity contribution in [1.29, 1.82) is 0 Å². The fraction of sp³-hybridized carbons (Fsp3) is 0.816. The van der Waals surface area contributed by atoms with E-state index in [1.54, 1.807) is 6.08 Å². The minimum absolute atomic E-state index is 0.0723. The molecule has 0 aliphatic carbocycles. The second-order valence-corrected chi connectivity index (χ2v) is 14.2. The molecule has 0 bridgehead atoms. The maximum Gasteiger partial charge on any atom is 0.472 e. The lowest BCUT2D eigenvalue weighted by Crippen LogP contribution is -2.45. The monoisotopic (exact) mass is 685 g/mol. The third kappa shape index (κ3) is 33.0. The van der Waals surface area contributed by atoms with Gasteiger partial charge in [-0.05, 0) is 44.9 Å². The van der Waals surface area contributed by atoms with Crippen molar-refractivity contribution < 1.29 is 28.4 Å². The summed E-state index contributed by atoms with van der Waals surface area (Å²) in [6.07, 6.45) is 39.0. The average molecular weight is 685 g/mol. The number of aliphatic hydroxyl groups is 1. The molecule has 0 spiro atoms. The van der Waals surface area contributed by atoms with Crippen LogP contribution in [0.25, 0.3) is 0 Å². The molecule has 8 nitrogen and oxygen atoms in total. The van der Waals surface area contributed by atoms with E-state index in [2.05, 4.69) is 43.5 Å². The highest BCUT2D eigenvalue weighted by Crippen LogP contribution is 2.43. The zero-order valence-corrected chi connectivity index (χ0v) is 31.2. The van der Waals surface area contributed by atoms with E-state index in [9.17, 15) is 19.4 Å². The molecule has 0 aliphatic rings. The van der Waals surface area contributed by atoms with Gasteiger partial charge < -0.3 is 21.1 Å². The van der Waals surface area contributed by atoms with E-state index in [1.165, 1.54) is 103 Å². The Labute approximate surface area is 289 Å². The first-order valence-corrected chi connectivity index (χ1v) is 20.6. The molecule has 5 N–H and O–H groups in total. The first-order chi connectivity index (χ1) is 22.9. The van der Waals surface area contributed by atoms with Crippen LogP contribution < -0.4 is 11.1 Å². The van der Waals surface area contributed by atoms with Gasteiger partial charge in [-0.3, -0.25) is 13.8 Å². The number of carbonyl (C=O) groups is 1. The molecule has 0 heterocycles. The Balaban J connectivity index is 4.40. The predicted octanol–water partition coefficient (Wildman–Crippen LogP) is 10.00. The molecule has 0 radical (unpaired) electrons. The van der Waals surface area contributed by atoms with Crippen LogP contribution in [0.1, 0.15) is 168 Å². The largest absolute Gasteiger partial charge is 0.472 e. The van der Waals surface area contributed by atoms with Gasteiger partial charge >= 0.3 is 7.82 Å². The molecule has 3 unspecified atom stereocenters. The van der Waals surface area contributed by atoms with Crippen LogP contribution in [0.4, 0.5) is 0 Å². The molecule has 0 aromatic rings. The molecular weight excluding hydrogens is 611 g/mol. The van der Waals surface area contributed by atoms with Crippen LogP contribution in [0, 0.1) is 0 Å². The zero-order valence-electron chi connectivity index (χ0n) is 30.3. The molecule has 0 aromatic carbocycles. The highest BCUT2D eigenvalue weighted by molar-refractivity contribution is 7.47. The predicted molar refractivity (Wildman–Crippen MR) is 198 cm³/mol. The number of nitrogens with two attached hydrogens (primary N) is 1. The van der Waals surface area contributed by atoms with E-state index in [0.717, 1.165) is 44.9 Å². The van der Waals surface area contributed by atoms with E-state index in [-0.39, 0.29) is 25.7 Å². The Morgan fingerprint density at radius 2 is 1.13 bits per heavy atom. The number of hydrogen-bond donors (Lipinski definition) is 4. The molecule has 0 aliphatic heterocycles. The number of allylic oxidation sites excluding steroid dienone is 5. The molecule has 0 fully saturated rings. The summed E-state index contributed by atoms with van der Waals surface area (Å²) >= 11 is 0. The number of carbonyl (C=O) groups excluding carboxylic acids is 1. The number of phosphoric ester groups is 1. The van der Waals surface area contributed by atoms with Crippen LogP contribution in [0.15, 0.2) is 36.5 Å². The van der Waals surface area contributed by atoms with Gasteiger partial charge in [0.05, 0.1) is 25.4 Å². The Hall–Kier alpha value is -1.28. The van der Waals surface area contributed by atoms with Crippen molar-refractivity contribution in [1.82, 2.24) is 5.32 Å². The first kappa shape index (κ1) is 45.7. The number of amides is 1. The number of unbranched alkanes of at least 4 members (excludes halogenated alkanes) is 19. The summed E-state index contributed by atoms with van der Waals surface area (Å²) in [7, 11) is -4.34. The van der Waals surface area contributed by atoms with E-state index in [1.807, 2.05) is 6.08 Å². The molecule has 3 atom stereocenters. The lowest BCUT2D eigenvalue weighted by molar-refractivity contribution is -0.123. The smallest absolute Gasteiger partial charge is 0.387 e. The molecular formula is C38H73N2O6P. The van der Waals surface area contributed by atoms with Crippen LogP contribution in [0.5, 0.6) is 0 Å². The van der Waals surface area contributed by atoms with Crippen molar-refractivity contribution in [3.05, 3.63) is 36.5 Å². The van der Waals surface area contributed by atoms with Gasteiger partial charge in [0.25, 0.3) is 0 Å². The van der Waals surface area contributed by atoms with Crippen LogP contribution in [-0.2, 0) is 18.4 Å². The van der Waals surface area contributed by atoms with Gasteiger partial charge in [0.1, 0.15) is 0 Å². The zero-order chi connectivity index (χ0) is 34.7. The summed E-state index contributed by atoms with van der Waals surface area (Å²) in [6, 6.07) is -0.878. The Kier molecular flexibility index (Phi) is 33.6. The molecule has 276 valence electrons. The van der Waals surface area contributed by atoms with Crippen LogP contribution in [0.3, 0.4) is 0 Å². The third-order valence-electron chi connectivity index (χ3n) is 8.20. The third-order valence-corrected chi connectivity index (χ3v) is 9.18. The minimum atomic E-state index is -4.34. The van der Waals surface area contributed by atoms with Crippen LogP contribution in [0.2, 0.25) is 0 Å². The number of hydrogen-bond acceptors (Lipinski definition) is 6. The fourth-order valence-corrected chi connectivity index (χ4v) is 6.04. The molecule has 9 heteroatoms. The quantitative estimate of drug-likeness (QED) is 0.0297. The Morgan fingerprint density at radius 1 is 0.681 bits per heavy atom. The van der Waals surface area contributed by atoms with E-state index >= 15 is 0 Å². The summed E-state index contributed by atoms with van der Waals surface area (Å²) in [5.41, 5.74) is 5.35. The highest BCUT2D eigenvalue weighted by Gasteiger charge is 2.26. The van der Waals surface area contributed by atoms with Crippen LogP contribution >= 0.6 is 7.82 Å². The van der Waals surface area contributed by atoms with Gasteiger partial charge in [-0.1, -0.05) is 153 Å². The van der Waals surface area contributed by atoms with Crippen molar-refractivity contribution in [2.45, 2.75) is 180 Å². The maximum atomic E-state index is 12.7. The molecule has 0 saturated carbocycles. The van der Waals surface area contributed by atoms with Gasteiger partial charge in [0.2, 0.25) is 5.91 Å². The van der Waals surface area contributed by atoms with Crippen LogP contribution in [-0.4, -0.2) is 47.8 Å². The number of phosphoric acid groups is 1. The van der Waals surface area contributed by atoms with Gasteiger partial charge in [-0.25, -0.2) is 4.57 Å². The maximum absolute atomic E-state index is 12.7. The van der Waals surface area contributed by atoms with E-state index in [0.29, 0.717) is 6.42 Å². The summed E-state index contributed by atoms with van der Waals surface area (Å²) in [5.74, 6) is -0.210. The Bertz CT molecular complexity index is 835. The molecule has 0 rings (SSSR count). The number of nitrogens with one attached hydrogen (secondary N) is 1.